The number of rotatable bonds is 7. The van der Waals surface area contributed by atoms with Crippen molar-refractivity contribution in [3.05, 3.63) is 185 Å². The second-order valence-electron chi connectivity index (χ2n) is 11.9. The Morgan fingerprint density at radius 3 is 2.24 bits per heavy atom. The highest BCUT2D eigenvalue weighted by molar-refractivity contribution is 5.92. The molecular weight excluding hydrogens is 560 g/mol. The fraction of sp³-hybridized carbons (Fsp3) is 0.0952. The molecule has 0 spiro atoms. The van der Waals surface area contributed by atoms with Gasteiger partial charge in [-0.1, -0.05) is 109 Å². The van der Waals surface area contributed by atoms with Crippen molar-refractivity contribution in [2.45, 2.75) is 25.9 Å². The van der Waals surface area contributed by atoms with Crippen LogP contribution >= 0.6 is 0 Å². The van der Waals surface area contributed by atoms with Crippen LogP contribution in [0.25, 0.3) is 22.7 Å². The number of anilines is 3. The van der Waals surface area contributed by atoms with Crippen LogP contribution < -0.4 is 15.5 Å². The summed E-state index contributed by atoms with van der Waals surface area (Å²) in [4.78, 5) is 2.36. The summed E-state index contributed by atoms with van der Waals surface area (Å²) in [6.45, 7) is 2.22. The topological polar surface area (TPSA) is 32.2 Å². The number of hydrogen-bond donors (Lipinski definition) is 2. The second-order valence-corrected chi connectivity index (χ2v) is 11.9. The lowest BCUT2D eigenvalue weighted by atomic mass is 9.95. The van der Waals surface area contributed by atoms with Crippen LogP contribution in [0.2, 0.25) is 0 Å². The van der Waals surface area contributed by atoms with E-state index in [-0.39, 0.29) is 6.17 Å². The van der Waals surface area contributed by atoms with E-state index in [1.165, 1.54) is 55.9 Å². The zero-order valence-corrected chi connectivity index (χ0v) is 25.9. The maximum atomic E-state index is 3.78. The monoisotopic (exact) mass is 596 g/mol. The SMILES string of the molecule is Cc1c(/C=C\Cc2ccccc2NC2C=CC=C(N3c4ccccc4Cc4ccccc43)N2)c2ccccc2n1-c1ccccc1. The van der Waals surface area contributed by atoms with E-state index in [9.17, 15) is 0 Å². The molecule has 1 aromatic heterocycles. The van der Waals surface area contributed by atoms with Gasteiger partial charge in [0.25, 0.3) is 0 Å². The summed E-state index contributed by atoms with van der Waals surface area (Å²) in [6, 6.07) is 45.3. The molecule has 1 atom stereocenters. The molecule has 1 unspecified atom stereocenters. The molecule has 6 aromatic rings. The summed E-state index contributed by atoms with van der Waals surface area (Å²) >= 11 is 0. The lowest BCUT2D eigenvalue weighted by Gasteiger charge is -2.37. The van der Waals surface area contributed by atoms with E-state index in [2.05, 4.69) is 185 Å². The largest absolute Gasteiger partial charge is 0.362 e. The van der Waals surface area contributed by atoms with E-state index in [0.717, 1.165) is 24.4 Å². The van der Waals surface area contributed by atoms with Gasteiger partial charge in [0.15, 0.2) is 0 Å². The molecule has 0 bridgehead atoms. The van der Waals surface area contributed by atoms with Crippen LogP contribution in [0, 0.1) is 6.92 Å². The maximum absolute atomic E-state index is 3.78. The lowest BCUT2D eigenvalue weighted by Crippen LogP contribution is -2.41. The van der Waals surface area contributed by atoms with Crippen molar-refractivity contribution in [1.29, 1.82) is 0 Å². The molecule has 3 heterocycles. The van der Waals surface area contributed by atoms with Gasteiger partial charge in [0.1, 0.15) is 12.0 Å². The van der Waals surface area contributed by atoms with Crippen molar-refractivity contribution in [2.75, 3.05) is 10.2 Å². The van der Waals surface area contributed by atoms with Gasteiger partial charge < -0.3 is 15.2 Å². The Morgan fingerprint density at radius 2 is 1.43 bits per heavy atom. The number of nitrogens with one attached hydrogen (secondary N) is 2. The van der Waals surface area contributed by atoms with Gasteiger partial charge in [-0.05, 0) is 78.6 Å². The molecule has 4 nitrogen and oxygen atoms in total. The number of dihydropyridines is 1. The predicted octanol–water partition coefficient (Wildman–Crippen LogP) is 9.68. The van der Waals surface area contributed by atoms with Crippen molar-refractivity contribution in [3.8, 4) is 5.69 Å². The molecule has 0 radical (unpaired) electrons. The van der Waals surface area contributed by atoms with E-state index >= 15 is 0 Å². The molecule has 2 aliphatic heterocycles. The van der Waals surface area contributed by atoms with Gasteiger partial charge in [0.2, 0.25) is 0 Å². The van der Waals surface area contributed by atoms with Crippen molar-refractivity contribution in [1.82, 2.24) is 9.88 Å². The van der Waals surface area contributed by atoms with Crippen LogP contribution in [-0.2, 0) is 12.8 Å². The molecule has 0 aliphatic carbocycles. The van der Waals surface area contributed by atoms with Gasteiger partial charge in [0.05, 0.1) is 16.9 Å². The summed E-state index contributed by atoms with van der Waals surface area (Å²) < 4.78 is 2.36. The van der Waals surface area contributed by atoms with Crippen LogP contribution in [0.15, 0.2) is 158 Å². The number of benzene rings is 5. The normalized spacial score (nSPS) is 15.4. The minimum absolute atomic E-state index is 0.0579. The quantitative estimate of drug-likeness (QED) is 0.192. The molecule has 46 heavy (non-hydrogen) atoms. The van der Waals surface area contributed by atoms with Gasteiger partial charge in [-0.25, -0.2) is 0 Å². The first-order valence-electron chi connectivity index (χ1n) is 16.0. The van der Waals surface area contributed by atoms with Gasteiger partial charge in [0, 0.05) is 34.4 Å². The lowest BCUT2D eigenvalue weighted by molar-refractivity contribution is 0.710. The van der Waals surface area contributed by atoms with E-state index in [0.29, 0.717) is 0 Å². The number of aromatic nitrogens is 1. The molecule has 5 aromatic carbocycles. The summed E-state index contributed by atoms with van der Waals surface area (Å²) in [5.41, 5.74) is 12.4. The number of para-hydroxylation sites is 5. The van der Waals surface area contributed by atoms with Crippen molar-refractivity contribution >= 4 is 34.0 Å². The minimum atomic E-state index is -0.0579. The number of nitrogens with zero attached hydrogens (tertiary/aromatic N) is 2. The summed E-state index contributed by atoms with van der Waals surface area (Å²) in [5.74, 6) is 1.06. The average molecular weight is 597 g/mol. The highest BCUT2D eigenvalue weighted by Crippen LogP contribution is 2.41. The second kappa shape index (κ2) is 12.0. The van der Waals surface area contributed by atoms with Crippen LogP contribution in [-0.4, -0.2) is 10.7 Å². The van der Waals surface area contributed by atoms with Crippen molar-refractivity contribution in [2.24, 2.45) is 0 Å². The van der Waals surface area contributed by atoms with Crippen molar-refractivity contribution < 1.29 is 0 Å². The first-order valence-corrected chi connectivity index (χ1v) is 16.0. The standard InChI is InChI=1S/C42H36N4/c1-30-35(36-21-8-12-26-40(36)45(30)34-19-3-2-4-20-34)22-13-18-31-15-5-9-23-37(31)43-41-27-14-28-42(44-41)46-38-24-10-6-16-32(38)29-33-17-7-11-25-39(33)46/h2-17,19-28,41,43-44H,18,29H2,1H3/b22-13-. The van der Waals surface area contributed by atoms with Crippen LogP contribution in [0.3, 0.4) is 0 Å². The number of hydrogen-bond acceptors (Lipinski definition) is 3. The third-order valence-corrected chi connectivity index (χ3v) is 9.07. The molecule has 0 saturated carbocycles. The molecule has 8 rings (SSSR count). The Kier molecular flexibility index (Phi) is 7.24. The molecule has 0 fully saturated rings. The van der Waals surface area contributed by atoms with Gasteiger partial charge in [-0.15, -0.1) is 0 Å². The Labute approximate surface area is 270 Å². The van der Waals surface area contributed by atoms with E-state index in [1.807, 2.05) is 0 Å². The predicted molar refractivity (Wildman–Crippen MR) is 193 cm³/mol. The van der Waals surface area contributed by atoms with E-state index < -0.39 is 0 Å². The zero-order valence-electron chi connectivity index (χ0n) is 25.9. The van der Waals surface area contributed by atoms with Gasteiger partial charge >= 0.3 is 0 Å². The molecule has 2 aliphatic rings. The summed E-state index contributed by atoms with van der Waals surface area (Å²) in [6.07, 6.45) is 12.8. The Morgan fingerprint density at radius 1 is 0.761 bits per heavy atom. The summed E-state index contributed by atoms with van der Waals surface area (Å²) in [7, 11) is 0. The summed E-state index contributed by atoms with van der Waals surface area (Å²) in [5, 5.41) is 8.82. The molecule has 0 saturated heterocycles. The Hall–Kier alpha value is -5.74. The van der Waals surface area contributed by atoms with Crippen LogP contribution in [0.1, 0.15) is 27.9 Å². The number of fused-ring (bicyclic) bond motifs is 3. The Bertz CT molecular complexity index is 2090. The molecule has 224 valence electrons. The fourth-order valence-electron chi connectivity index (χ4n) is 6.91. The molecule has 0 amide bonds. The van der Waals surface area contributed by atoms with Gasteiger partial charge in [-0.3, -0.25) is 4.90 Å². The molecule has 2 N–H and O–H groups in total. The first-order chi connectivity index (χ1) is 22.7. The van der Waals surface area contributed by atoms with Crippen LogP contribution in [0.4, 0.5) is 17.1 Å². The fourth-order valence-corrected chi connectivity index (χ4v) is 6.91. The number of allylic oxidation sites excluding steroid dienone is 3. The molecular formula is C42H36N4. The zero-order chi connectivity index (χ0) is 30.9. The average Bonchev–Trinajstić information content (AvgIpc) is 3.39. The molecule has 4 heteroatoms. The highest BCUT2D eigenvalue weighted by atomic mass is 15.3. The third-order valence-electron chi connectivity index (χ3n) is 9.07. The minimum Gasteiger partial charge on any atom is -0.362 e. The Balaban J connectivity index is 1.03. The smallest absolute Gasteiger partial charge is 0.117 e. The first kappa shape index (κ1) is 27.8. The van der Waals surface area contributed by atoms with E-state index in [1.54, 1.807) is 0 Å². The van der Waals surface area contributed by atoms with Crippen molar-refractivity contribution in [3.63, 3.8) is 0 Å². The van der Waals surface area contributed by atoms with Gasteiger partial charge in [-0.2, -0.15) is 0 Å². The maximum Gasteiger partial charge on any atom is 0.117 e. The highest BCUT2D eigenvalue weighted by Gasteiger charge is 2.26. The van der Waals surface area contributed by atoms with E-state index in [4.69, 9.17) is 0 Å². The van der Waals surface area contributed by atoms with Crippen LogP contribution in [0.5, 0.6) is 0 Å². The third kappa shape index (κ3) is 5.08.